The van der Waals surface area contributed by atoms with Gasteiger partial charge in [-0.3, -0.25) is 4.79 Å². The van der Waals surface area contributed by atoms with Gasteiger partial charge in [0.05, 0.1) is 7.11 Å². The van der Waals surface area contributed by atoms with Crippen LogP contribution in [0.4, 0.5) is 0 Å². The molecule has 23 heavy (non-hydrogen) atoms. The quantitative estimate of drug-likeness (QED) is 0.651. The molecule has 0 saturated heterocycles. The summed E-state index contributed by atoms with van der Waals surface area (Å²) in [5.74, 6) is 1.64. The molecule has 0 aliphatic carbocycles. The predicted molar refractivity (Wildman–Crippen MR) is 96.6 cm³/mol. The average molecular weight is 310 g/mol. The Morgan fingerprint density at radius 1 is 0.957 bits per heavy atom. The predicted octanol–water partition coefficient (Wildman–Crippen LogP) is 5.81. The molecule has 0 N–H and O–H groups in total. The summed E-state index contributed by atoms with van der Waals surface area (Å²) in [4.78, 5) is 11.7. The number of ether oxygens (including phenoxy) is 1. The van der Waals surface area contributed by atoms with E-state index in [0.29, 0.717) is 17.4 Å². The van der Waals surface area contributed by atoms with Gasteiger partial charge in [0.2, 0.25) is 0 Å². The summed E-state index contributed by atoms with van der Waals surface area (Å²) in [5.41, 5.74) is 5.60. The van der Waals surface area contributed by atoms with Gasteiger partial charge >= 0.3 is 0 Å². The maximum absolute atomic E-state index is 11.7. The molecule has 0 aliphatic rings. The highest BCUT2D eigenvalue weighted by Gasteiger charge is 2.19. The lowest BCUT2D eigenvalue weighted by Crippen LogP contribution is -2.02. The van der Waals surface area contributed by atoms with Crippen LogP contribution >= 0.6 is 0 Å². The van der Waals surface area contributed by atoms with E-state index in [9.17, 15) is 4.79 Å². The maximum Gasteiger partial charge on any atom is 0.159 e. The van der Waals surface area contributed by atoms with Crippen LogP contribution in [0.1, 0.15) is 67.9 Å². The van der Waals surface area contributed by atoms with E-state index < -0.39 is 0 Å². The molecule has 0 fully saturated rings. The average Bonchev–Trinajstić information content (AvgIpc) is 2.53. The molecule has 0 aliphatic heterocycles. The monoisotopic (exact) mass is 310 g/mol. The third-order valence-electron chi connectivity index (χ3n) is 4.25. The van der Waals surface area contributed by atoms with Crippen LogP contribution in [0, 0.1) is 0 Å². The second-order valence-electron chi connectivity index (χ2n) is 6.59. The summed E-state index contributed by atoms with van der Waals surface area (Å²) in [6.07, 6.45) is 0. The fourth-order valence-corrected chi connectivity index (χ4v) is 2.98. The smallest absolute Gasteiger partial charge is 0.159 e. The standard InChI is InChI=1S/C21H26O2/c1-13(2)17-8-7-9-18(14(3)4)21(17)19-11-10-16(15(5)22)12-20(19)23-6/h7-14H,1-6H3. The minimum absolute atomic E-state index is 0.0519. The molecule has 0 heterocycles. The number of hydrogen-bond acceptors (Lipinski definition) is 2. The van der Waals surface area contributed by atoms with E-state index in [0.717, 1.165) is 11.3 Å². The van der Waals surface area contributed by atoms with E-state index in [1.807, 2.05) is 18.2 Å². The number of benzene rings is 2. The summed E-state index contributed by atoms with van der Waals surface area (Å²) in [6.45, 7) is 10.4. The van der Waals surface area contributed by atoms with Crippen molar-refractivity contribution in [3.8, 4) is 16.9 Å². The van der Waals surface area contributed by atoms with Crippen LogP contribution in [0.5, 0.6) is 5.75 Å². The van der Waals surface area contributed by atoms with Gasteiger partial charge in [0.25, 0.3) is 0 Å². The number of rotatable bonds is 5. The third-order valence-corrected chi connectivity index (χ3v) is 4.25. The van der Waals surface area contributed by atoms with E-state index in [-0.39, 0.29) is 5.78 Å². The zero-order chi connectivity index (χ0) is 17.1. The van der Waals surface area contributed by atoms with Gasteiger partial charge in [-0.2, -0.15) is 0 Å². The van der Waals surface area contributed by atoms with Gasteiger partial charge < -0.3 is 4.74 Å². The van der Waals surface area contributed by atoms with Crippen LogP contribution in [-0.4, -0.2) is 12.9 Å². The first kappa shape index (κ1) is 17.3. The number of Topliss-reactive ketones (excluding diaryl/α,β-unsaturated/α-hetero) is 1. The number of hydrogen-bond donors (Lipinski definition) is 0. The Morgan fingerprint density at radius 3 is 1.96 bits per heavy atom. The Balaban J connectivity index is 2.77. The molecule has 0 bridgehead atoms. The van der Waals surface area contributed by atoms with Crippen molar-refractivity contribution in [3.63, 3.8) is 0 Å². The Hall–Kier alpha value is -2.09. The van der Waals surface area contributed by atoms with Crippen molar-refractivity contribution in [1.29, 1.82) is 0 Å². The fraction of sp³-hybridized carbons (Fsp3) is 0.381. The molecule has 0 unspecified atom stereocenters. The molecular formula is C21H26O2. The molecule has 0 aromatic heterocycles. The highest BCUT2D eigenvalue weighted by atomic mass is 16.5. The molecule has 0 saturated carbocycles. The normalized spacial score (nSPS) is 11.1. The lowest BCUT2D eigenvalue weighted by molar-refractivity contribution is 0.101. The van der Waals surface area contributed by atoms with Gasteiger partial charge in [-0.25, -0.2) is 0 Å². The van der Waals surface area contributed by atoms with E-state index >= 15 is 0 Å². The second kappa shape index (κ2) is 6.99. The number of carbonyl (C=O) groups excluding carboxylic acids is 1. The van der Waals surface area contributed by atoms with E-state index in [4.69, 9.17) is 4.74 Å². The zero-order valence-electron chi connectivity index (χ0n) is 14.9. The SMILES string of the molecule is COc1cc(C(C)=O)ccc1-c1c(C(C)C)cccc1C(C)C. The van der Waals surface area contributed by atoms with Gasteiger partial charge in [0.15, 0.2) is 5.78 Å². The van der Waals surface area contributed by atoms with Crippen LogP contribution in [0.2, 0.25) is 0 Å². The molecule has 122 valence electrons. The maximum atomic E-state index is 11.7. The van der Waals surface area contributed by atoms with E-state index in [1.165, 1.54) is 16.7 Å². The van der Waals surface area contributed by atoms with Gasteiger partial charge in [0.1, 0.15) is 5.75 Å². The van der Waals surface area contributed by atoms with Gasteiger partial charge in [-0.1, -0.05) is 52.0 Å². The Morgan fingerprint density at radius 2 is 1.52 bits per heavy atom. The summed E-state index contributed by atoms with van der Waals surface area (Å²) in [6, 6.07) is 12.3. The van der Waals surface area contributed by atoms with Crippen molar-refractivity contribution in [2.24, 2.45) is 0 Å². The van der Waals surface area contributed by atoms with Gasteiger partial charge in [-0.05, 0) is 47.6 Å². The number of carbonyl (C=O) groups is 1. The van der Waals surface area contributed by atoms with Crippen molar-refractivity contribution in [1.82, 2.24) is 0 Å². The van der Waals surface area contributed by atoms with Crippen molar-refractivity contribution < 1.29 is 9.53 Å². The summed E-state index contributed by atoms with van der Waals surface area (Å²) in [7, 11) is 1.66. The van der Waals surface area contributed by atoms with Crippen molar-refractivity contribution in [3.05, 3.63) is 53.1 Å². The lowest BCUT2D eigenvalue weighted by atomic mass is 9.84. The minimum Gasteiger partial charge on any atom is -0.496 e. The van der Waals surface area contributed by atoms with Gasteiger partial charge in [-0.15, -0.1) is 0 Å². The van der Waals surface area contributed by atoms with Crippen molar-refractivity contribution in [2.75, 3.05) is 7.11 Å². The fourth-order valence-electron chi connectivity index (χ4n) is 2.98. The van der Waals surface area contributed by atoms with Gasteiger partial charge in [0, 0.05) is 11.1 Å². The van der Waals surface area contributed by atoms with Crippen LogP contribution in [0.3, 0.4) is 0 Å². The molecular weight excluding hydrogens is 284 g/mol. The van der Waals surface area contributed by atoms with Crippen molar-refractivity contribution >= 4 is 5.78 Å². The highest BCUT2D eigenvalue weighted by Crippen LogP contribution is 2.40. The molecule has 0 atom stereocenters. The van der Waals surface area contributed by atoms with E-state index in [1.54, 1.807) is 14.0 Å². The molecule has 0 radical (unpaired) electrons. The Kier molecular flexibility index (Phi) is 5.25. The molecule has 2 rings (SSSR count). The summed E-state index contributed by atoms with van der Waals surface area (Å²) >= 11 is 0. The zero-order valence-corrected chi connectivity index (χ0v) is 14.9. The molecule has 2 aromatic carbocycles. The molecule has 0 amide bonds. The summed E-state index contributed by atoms with van der Waals surface area (Å²) < 4.78 is 5.61. The first-order valence-corrected chi connectivity index (χ1v) is 8.19. The van der Waals surface area contributed by atoms with Crippen LogP contribution in [0.25, 0.3) is 11.1 Å². The molecule has 2 nitrogen and oxygen atoms in total. The Bertz CT molecular complexity index is 686. The van der Waals surface area contributed by atoms with Crippen LogP contribution < -0.4 is 4.74 Å². The third kappa shape index (κ3) is 3.47. The van der Waals surface area contributed by atoms with Crippen LogP contribution in [0.15, 0.2) is 36.4 Å². The largest absolute Gasteiger partial charge is 0.496 e. The first-order valence-electron chi connectivity index (χ1n) is 8.19. The van der Waals surface area contributed by atoms with E-state index in [2.05, 4.69) is 45.9 Å². The summed E-state index contributed by atoms with van der Waals surface area (Å²) in [5, 5.41) is 0. The lowest BCUT2D eigenvalue weighted by Gasteiger charge is -2.21. The highest BCUT2D eigenvalue weighted by molar-refractivity contribution is 5.95. The van der Waals surface area contributed by atoms with Crippen molar-refractivity contribution in [2.45, 2.75) is 46.5 Å². The first-order chi connectivity index (χ1) is 10.9. The Labute approximate surface area is 139 Å². The second-order valence-corrected chi connectivity index (χ2v) is 6.59. The number of methoxy groups -OCH3 is 1. The minimum atomic E-state index is 0.0519. The van der Waals surface area contributed by atoms with Crippen LogP contribution in [-0.2, 0) is 0 Å². The topological polar surface area (TPSA) is 26.3 Å². The number of ketones is 1. The molecule has 2 heteroatoms. The molecule has 2 aromatic rings. The molecule has 0 spiro atoms.